The van der Waals surface area contributed by atoms with E-state index in [1.807, 2.05) is 20.8 Å². The van der Waals surface area contributed by atoms with E-state index in [1.165, 1.54) is 11.3 Å². The number of sulfonamides is 1. The van der Waals surface area contributed by atoms with Gasteiger partial charge in [-0.1, -0.05) is 36.4 Å². The standard InChI is InChI=1S/C10H15BrINO2S2/c1-6(2)8(5-12)13-17(14,15)9-4-10(11)16-7(9)3/h4,6,8,13H,5H2,1-3H3. The fourth-order valence-electron chi connectivity index (χ4n) is 1.31. The summed E-state index contributed by atoms with van der Waals surface area (Å²) in [7, 11) is -3.40. The molecule has 98 valence electrons. The minimum Gasteiger partial charge on any atom is -0.207 e. The van der Waals surface area contributed by atoms with Crippen molar-refractivity contribution in [2.75, 3.05) is 4.43 Å². The second-order valence-electron chi connectivity index (χ2n) is 4.10. The maximum atomic E-state index is 12.2. The van der Waals surface area contributed by atoms with Crippen LogP contribution in [-0.4, -0.2) is 18.9 Å². The number of nitrogens with one attached hydrogen (secondary N) is 1. The first-order valence-corrected chi connectivity index (χ1v) is 9.74. The molecule has 0 fully saturated rings. The van der Waals surface area contributed by atoms with Gasteiger partial charge in [-0.25, -0.2) is 13.1 Å². The Morgan fingerprint density at radius 3 is 2.47 bits per heavy atom. The molecule has 0 aliphatic heterocycles. The van der Waals surface area contributed by atoms with Gasteiger partial charge in [0.05, 0.1) is 8.68 Å². The molecule has 0 amide bonds. The highest BCUT2D eigenvalue weighted by atomic mass is 127. The molecule has 1 aromatic rings. The first kappa shape index (κ1) is 15.9. The van der Waals surface area contributed by atoms with Gasteiger partial charge in [-0.2, -0.15) is 0 Å². The molecule has 1 aromatic heterocycles. The van der Waals surface area contributed by atoms with Crippen LogP contribution in [0.25, 0.3) is 0 Å². The Morgan fingerprint density at radius 2 is 2.12 bits per heavy atom. The highest BCUT2D eigenvalue weighted by Crippen LogP contribution is 2.29. The summed E-state index contributed by atoms with van der Waals surface area (Å²) in [5, 5.41) is 0. The van der Waals surface area contributed by atoms with Crippen molar-refractivity contribution in [2.24, 2.45) is 5.92 Å². The number of hydrogen-bond donors (Lipinski definition) is 1. The summed E-state index contributed by atoms with van der Waals surface area (Å²) in [6, 6.07) is 1.63. The Hall–Kier alpha value is 0.820. The smallest absolute Gasteiger partial charge is 0.207 e. The molecule has 1 heterocycles. The number of alkyl halides is 1. The largest absolute Gasteiger partial charge is 0.241 e. The van der Waals surface area contributed by atoms with Crippen molar-refractivity contribution in [2.45, 2.75) is 31.7 Å². The van der Waals surface area contributed by atoms with E-state index in [-0.39, 0.29) is 12.0 Å². The summed E-state index contributed by atoms with van der Waals surface area (Å²) >= 11 is 6.95. The Labute approximate surface area is 129 Å². The van der Waals surface area contributed by atoms with Gasteiger partial charge in [0.25, 0.3) is 0 Å². The lowest BCUT2D eigenvalue weighted by Gasteiger charge is -2.19. The minimum atomic E-state index is -3.40. The molecule has 0 saturated heterocycles. The van der Waals surface area contributed by atoms with Crippen LogP contribution in [0.1, 0.15) is 18.7 Å². The Morgan fingerprint density at radius 1 is 1.53 bits per heavy atom. The van der Waals surface area contributed by atoms with Gasteiger partial charge in [-0.3, -0.25) is 0 Å². The monoisotopic (exact) mass is 451 g/mol. The van der Waals surface area contributed by atoms with Gasteiger partial charge in [0.15, 0.2) is 0 Å². The first-order chi connectivity index (χ1) is 7.77. The van der Waals surface area contributed by atoms with Gasteiger partial charge in [-0.05, 0) is 34.8 Å². The van der Waals surface area contributed by atoms with Crippen LogP contribution in [-0.2, 0) is 10.0 Å². The SMILES string of the molecule is Cc1sc(Br)cc1S(=O)(=O)NC(CI)C(C)C. The van der Waals surface area contributed by atoms with Crippen LogP contribution in [0, 0.1) is 12.8 Å². The molecule has 3 nitrogen and oxygen atoms in total. The predicted molar refractivity (Wildman–Crippen MR) is 84.6 cm³/mol. The number of hydrogen-bond acceptors (Lipinski definition) is 3. The predicted octanol–water partition coefficient (Wildman–Crippen LogP) is 3.56. The summed E-state index contributed by atoms with van der Waals surface area (Å²) in [6.07, 6.45) is 0. The van der Waals surface area contributed by atoms with Crippen molar-refractivity contribution in [1.82, 2.24) is 4.72 Å². The van der Waals surface area contributed by atoms with Crippen molar-refractivity contribution < 1.29 is 8.42 Å². The van der Waals surface area contributed by atoms with E-state index in [0.29, 0.717) is 4.90 Å². The topological polar surface area (TPSA) is 46.2 Å². The third-order valence-electron chi connectivity index (χ3n) is 2.41. The molecule has 17 heavy (non-hydrogen) atoms. The van der Waals surface area contributed by atoms with Crippen LogP contribution in [0.2, 0.25) is 0 Å². The molecule has 0 spiro atoms. The van der Waals surface area contributed by atoms with E-state index in [0.717, 1.165) is 13.1 Å². The third kappa shape index (κ3) is 4.15. The van der Waals surface area contributed by atoms with Crippen LogP contribution < -0.4 is 4.72 Å². The zero-order valence-electron chi connectivity index (χ0n) is 9.83. The van der Waals surface area contributed by atoms with Gasteiger partial charge in [0.2, 0.25) is 10.0 Å². The lowest BCUT2D eigenvalue weighted by Crippen LogP contribution is -2.39. The van der Waals surface area contributed by atoms with E-state index in [9.17, 15) is 8.42 Å². The van der Waals surface area contributed by atoms with Crippen LogP contribution in [0.4, 0.5) is 0 Å². The van der Waals surface area contributed by atoms with E-state index in [2.05, 4.69) is 43.2 Å². The molecule has 7 heteroatoms. The molecule has 0 aliphatic carbocycles. The van der Waals surface area contributed by atoms with Crippen molar-refractivity contribution in [3.05, 3.63) is 14.7 Å². The molecular formula is C10H15BrINO2S2. The molecular weight excluding hydrogens is 437 g/mol. The molecule has 0 aromatic carbocycles. The summed E-state index contributed by atoms with van der Waals surface area (Å²) in [5.41, 5.74) is 0. The molecule has 1 rings (SSSR count). The highest BCUT2D eigenvalue weighted by molar-refractivity contribution is 14.1. The zero-order chi connectivity index (χ0) is 13.2. The Kier molecular flexibility index (Phi) is 5.90. The molecule has 1 N–H and O–H groups in total. The molecule has 0 bridgehead atoms. The summed E-state index contributed by atoms with van der Waals surface area (Å²) in [5.74, 6) is 0.282. The van der Waals surface area contributed by atoms with Gasteiger partial charge >= 0.3 is 0 Å². The summed E-state index contributed by atoms with van der Waals surface area (Å²) in [6.45, 7) is 5.85. The second-order valence-corrected chi connectivity index (χ2v) is 9.30. The number of thiophene rings is 1. The maximum absolute atomic E-state index is 12.2. The lowest BCUT2D eigenvalue weighted by atomic mass is 10.1. The lowest BCUT2D eigenvalue weighted by molar-refractivity contribution is 0.486. The minimum absolute atomic E-state index is 0.0290. The fourth-order valence-corrected chi connectivity index (χ4v) is 6.64. The van der Waals surface area contributed by atoms with Crippen molar-refractivity contribution in [3.63, 3.8) is 0 Å². The fraction of sp³-hybridized carbons (Fsp3) is 0.600. The summed E-state index contributed by atoms with van der Waals surface area (Å²) < 4.78 is 28.8. The van der Waals surface area contributed by atoms with E-state index < -0.39 is 10.0 Å². The van der Waals surface area contributed by atoms with Crippen LogP contribution in [0.15, 0.2) is 14.7 Å². The van der Waals surface area contributed by atoms with E-state index in [1.54, 1.807) is 6.07 Å². The first-order valence-electron chi connectivity index (χ1n) is 5.12. The second kappa shape index (κ2) is 6.31. The Bertz CT molecular complexity index is 484. The maximum Gasteiger partial charge on any atom is 0.241 e. The van der Waals surface area contributed by atoms with Crippen LogP contribution in [0.5, 0.6) is 0 Å². The Balaban J connectivity index is 3.00. The van der Waals surface area contributed by atoms with E-state index >= 15 is 0 Å². The third-order valence-corrected chi connectivity index (χ3v) is 6.66. The number of aryl methyl sites for hydroxylation is 1. The molecule has 0 aliphatic rings. The quantitative estimate of drug-likeness (QED) is 0.549. The molecule has 1 atom stereocenters. The van der Waals surface area contributed by atoms with Gasteiger partial charge in [0, 0.05) is 15.3 Å². The van der Waals surface area contributed by atoms with Crippen LogP contribution >= 0.6 is 49.9 Å². The van der Waals surface area contributed by atoms with Crippen LogP contribution in [0.3, 0.4) is 0 Å². The van der Waals surface area contributed by atoms with E-state index in [4.69, 9.17) is 0 Å². The number of rotatable bonds is 5. The van der Waals surface area contributed by atoms with Crippen molar-refractivity contribution in [3.8, 4) is 0 Å². The van der Waals surface area contributed by atoms with Crippen molar-refractivity contribution >= 4 is 59.9 Å². The molecule has 1 unspecified atom stereocenters. The van der Waals surface area contributed by atoms with Crippen molar-refractivity contribution in [1.29, 1.82) is 0 Å². The zero-order valence-corrected chi connectivity index (χ0v) is 15.2. The van der Waals surface area contributed by atoms with Gasteiger partial charge in [0.1, 0.15) is 0 Å². The molecule has 0 radical (unpaired) electrons. The van der Waals surface area contributed by atoms with Gasteiger partial charge < -0.3 is 0 Å². The average Bonchev–Trinajstić information content (AvgIpc) is 2.54. The average molecular weight is 452 g/mol. The van der Waals surface area contributed by atoms with Gasteiger partial charge in [-0.15, -0.1) is 11.3 Å². The highest BCUT2D eigenvalue weighted by Gasteiger charge is 2.24. The normalized spacial score (nSPS) is 14.2. The summed E-state index contributed by atoms with van der Waals surface area (Å²) in [4.78, 5) is 1.19. The molecule has 0 saturated carbocycles. The number of halogens is 2.